The van der Waals surface area contributed by atoms with E-state index in [-0.39, 0.29) is 5.82 Å². The monoisotopic (exact) mass is 282 g/mol. The van der Waals surface area contributed by atoms with E-state index in [2.05, 4.69) is 15.4 Å². The third-order valence-electron chi connectivity index (χ3n) is 3.47. The summed E-state index contributed by atoms with van der Waals surface area (Å²) < 4.78 is 14.2. The van der Waals surface area contributed by atoms with Crippen molar-refractivity contribution in [3.63, 3.8) is 0 Å². The third kappa shape index (κ3) is 2.49. The van der Waals surface area contributed by atoms with Crippen LogP contribution in [-0.4, -0.2) is 9.97 Å². The van der Waals surface area contributed by atoms with Gasteiger partial charge < -0.3 is 0 Å². The van der Waals surface area contributed by atoms with E-state index >= 15 is 0 Å². The van der Waals surface area contributed by atoms with Crippen molar-refractivity contribution >= 4 is 11.0 Å². The summed E-state index contributed by atoms with van der Waals surface area (Å²) in [7, 11) is 0. The second-order valence-electron chi connectivity index (χ2n) is 4.90. The van der Waals surface area contributed by atoms with Crippen LogP contribution in [-0.2, 0) is 0 Å². The van der Waals surface area contributed by atoms with Gasteiger partial charge in [0.25, 0.3) is 0 Å². The molecule has 1 heterocycles. The molecule has 1 aromatic heterocycles. The Morgan fingerprint density at radius 1 is 1.10 bits per heavy atom. The van der Waals surface area contributed by atoms with Crippen LogP contribution in [0.3, 0.4) is 0 Å². The fraction of sp³-hybridized carbons (Fsp3) is 0.125. The SMILES string of the molecule is Cc1ccc(F)c(C(NN)c2cccc3nccnc23)c1. The summed E-state index contributed by atoms with van der Waals surface area (Å²) in [6, 6.07) is 10.1. The van der Waals surface area contributed by atoms with E-state index in [1.165, 1.54) is 6.07 Å². The Morgan fingerprint density at radius 2 is 1.90 bits per heavy atom. The molecule has 0 aliphatic carbocycles. The van der Waals surface area contributed by atoms with Gasteiger partial charge in [-0.15, -0.1) is 0 Å². The van der Waals surface area contributed by atoms with Gasteiger partial charge in [0.1, 0.15) is 5.82 Å². The van der Waals surface area contributed by atoms with Crippen LogP contribution in [0.1, 0.15) is 22.7 Å². The van der Waals surface area contributed by atoms with E-state index in [0.717, 1.165) is 16.6 Å². The highest BCUT2D eigenvalue weighted by Gasteiger charge is 2.19. The number of nitrogens with one attached hydrogen (secondary N) is 1. The van der Waals surface area contributed by atoms with Crippen LogP contribution in [0, 0.1) is 12.7 Å². The molecule has 106 valence electrons. The number of aryl methyl sites for hydroxylation is 1. The van der Waals surface area contributed by atoms with E-state index in [4.69, 9.17) is 5.84 Å². The Morgan fingerprint density at radius 3 is 2.71 bits per heavy atom. The average molecular weight is 282 g/mol. The van der Waals surface area contributed by atoms with Gasteiger partial charge in [-0.3, -0.25) is 15.8 Å². The van der Waals surface area contributed by atoms with Gasteiger partial charge in [-0.2, -0.15) is 0 Å². The highest BCUT2D eigenvalue weighted by Crippen LogP contribution is 2.28. The molecule has 0 spiro atoms. The maximum atomic E-state index is 14.2. The van der Waals surface area contributed by atoms with E-state index in [9.17, 15) is 4.39 Å². The van der Waals surface area contributed by atoms with Gasteiger partial charge in [-0.1, -0.05) is 29.8 Å². The molecule has 21 heavy (non-hydrogen) atoms. The number of para-hydroxylation sites is 1. The summed E-state index contributed by atoms with van der Waals surface area (Å²) in [5.41, 5.74) is 6.42. The van der Waals surface area contributed by atoms with Crippen LogP contribution >= 0.6 is 0 Å². The Labute approximate surface area is 121 Å². The molecular weight excluding hydrogens is 267 g/mol. The van der Waals surface area contributed by atoms with Crippen LogP contribution in [0.4, 0.5) is 4.39 Å². The third-order valence-corrected chi connectivity index (χ3v) is 3.47. The largest absolute Gasteiger partial charge is 0.271 e. The number of hydrogen-bond donors (Lipinski definition) is 2. The summed E-state index contributed by atoms with van der Waals surface area (Å²) in [4.78, 5) is 8.61. The Balaban J connectivity index is 2.21. The predicted molar refractivity (Wildman–Crippen MR) is 79.8 cm³/mol. The first-order valence-corrected chi connectivity index (χ1v) is 6.62. The number of fused-ring (bicyclic) bond motifs is 1. The lowest BCUT2D eigenvalue weighted by Gasteiger charge is -2.19. The minimum absolute atomic E-state index is 0.301. The van der Waals surface area contributed by atoms with E-state index in [1.54, 1.807) is 24.5 Å². The molecule has 1 atom stereocenters. The Kier molecular flexibility index (Phi) is 3.60. The lowest BCUT2D eigenvalue weighted by Crippen LogP contribution is -2.30. The second-order valence-corrected chi connectivity index (χ2v) is 4.90. The maximum absolute atomic E-state index is 14.2. The molecule has 4 nitrogen and oxygen atoms in total. The second kappa shape index (κ2) is 5.55. The van der Waals surface area contributed by atoms with Crippen LogP contribution in [0.2, 0.25) is 0 Å². The van der Waals surface area contributed by atoms with Gasteiger partial charge in [0.15, 0.2) is 0 Å². The molecule has 0 fully saturated rings. The van der Waals surface area contributed by atoms with Crippen molar-refractivity contribution in [1.82, 2.24) is 15.4 Å². The van der Waals surface area contributed by atoms with Crippen molar-refractivity contribution in [3.05, 3.63) is 71.3 Å². The van der Waals surface area contributed by atoms with Crippen LogP contribution in [0.25, 0.3) is 11.0 Å². The zero-order valence-corrected chi connectivity index (χ0v) is 11.5. The Hall–Kier alpha value is -2.37. The van der Waals surface area contributed by atoms with Crippen LogP contribution in [0.5, 0.6) is 0 Å². The minimum atomic E-state index is -0.481. The minimum Gasteiger partial charge on any atom is -0.271 e. The first kappa shape index (κ1) is 13.6. The molecule has 0 saturated carbocycles. The van der Waals surface area contributed by atoms with Gasteiger partial charge in [0.2, 0.25) is 0 Å². The molecule has 0 bridgehead atoms. The summed E-state index contributed by atoms with van der Waals surface area (Å²) in [5, 5.41) is 0. The standard InChI is InChI=1S/C16H15FN4/c1-10-5-6-13(17)12(9-10)15(21-18)11-3-2-4-14-16(11)20-8-7-19-14/h2-9,15,21H,18H2,1H3. The Bertz CT molecular complexity index is 783. The highest BCUT2D eigenvalue weighted by atomic mass is 19.1. The van der Waals surface area contributed by atoms with Crippen LogP contribution < -0.4 is 11.3 Å². The topological polar surface area (TPSA) is 63.8 Å². The molecule has 2 aromatic carbocycles. The molecule has 3 aromatic rings. The van der Waals surface area contributed by atoms with Gasteiger partial charge in [0.05, 0.1) is 17.1 Å². The van der Waals surface area contributed by atoms with Crippen molar-refractivity contribution in [2.24, 2.45) is 5.84 Å². The molecular formula is C16H15FN4. The number of benzene rings is 2. The summed E-state index contributed by atoms with van der Waals surface area (Å²) in [6.07, 6.45) is 3.25. The number of halogens is 1. The van der Waals surface area contributed by atoms with Gasteiger partial charge >= 0.3 is 0 Å². The van der Waals surface area contributed by atoms with Gasteiger partial charge in [-0.05, 0) is 19.1 Å². The molecule has 0 radical (unpaired) electrons. The van der Waals surface area contributed by atoms with E-state index in [1.807, 2.05) is 25.1 Å². The molecule has 0 aliphatic rings. The van der Waals surface area contributed by atoms with Crippen molar-refractivity contribution in [2.45, 2.75) is 13.0 Å². The smallest absolute Gasteiger partial charge is 0.128 e. The van der Waals surface area contributed by atoms with Crippen molar-refractivity contribution < 1.29 is 4.39 Å². The summed E-state index contributed by atoms with van der Waals surface area (Å²) in [6.45, 7) is 1.92. The lowest BCUT2D eigenvalue weighted by molar-refractivity contribution is 0.561. The number of rotatable bonds is 3. The fourth-order valence-electron chi connectivity index (χ4n) is 2.48. The van der Waals surface area contributed by atoms with Gasteiger partial charge in [-0.25, -0.2) is 9.82 Å². The van der Waals surface area contributed by atoms with Crippen molar-refractivity contribution in [2.75, 3.05) is 0 Å². The molecule has 0 aliphatic heterocycles. The quantitative estimate of drug-likeness (QED) is 0.572. The van der Waals surface area contributed by atoms with E-state index < -0.39 is 6.04 Å². The van der Waals surface area contributed by atoms with Crippen LogP contribution in [0.15, 0.2) is 48.8 Å². The lowest BCUT2D eigenvalue weighted by atomic mass is 9.96. The predicted octanol–water partition coefficient (Wildman–Crippen LogP) is 2.63. The molecule has 0 saturated heterocycles. The number of hydrogen-bond acceptors (Lipinski definition) is 4. The zero-order valence-electron chi connectivity index (χ0n) is 11.5. The van der Waals surface area contributed by atoms with Crippen molar-refractivity contribution in [1.29, 1.82) is 0 Å². The molecule has 3 N–H and O–H groups in total. The maximum Gasteiger partial charge on any atom is 0.128 e. The molecule has 3 rings (SSSR count). The molecule has 5 heteroatoms. The summed E-state index contributed by atoms with van der Waals surface area (Å²) in [5.74, 6) is 5.38. The molecule has 0 amide bonds. The van der Waals surface area contributed by atoms with E-state index in [0.29, 0.717) is 11.1 Å². The average Bonchev–Trinajstić information content (AvgIpc) is 2.51. The first-order valence-electron chi connectivity index (χ1n) is 6.62. The summed E-state index contributed by atoms with van der Waals surface area (Å²) >= 11 is 0. The number of nitrogens with two attached hydrogens (primary N) is 1. The first-order chi connectivity index (χ1) is 10.2. The fourth-order valence-corrected chi connectivity index (χ4v) is 2.48. The molecule has 1 unspecified atom stereocenters. The number of nitrogens with zero attached hydrogens (tertiary/aromatic N) is 2. The number of hydrazine groups is 1. The zero-order chi connectivity index (χ0) is 14.8. The normalized spacial score (nSPS) is 12.5. The van der Waals surface area contributed by atoms with Crippen molar-refractivity contribution in [3.8, 4) is 0 Å². The van der Waals surface area contributed by atoms with Gasteiger partial charge in [0, 0.05) is 23.5 Å². The number of aromatic nitrogens is 2. The highest BCUT2D eigenvalue weighted by molar-refractivity contribution is 5.78.